The highest BCUT2D eigenvalue weighted by Gasteiger charge is 2.35. The van der Waals surface area contributed by atoms with E-state index >= 15 is 0 Å². The number of nitrogens with zero attached hydrogens (tertiary/aromatic N) is 3. The SMILES string of the molecule is CC(c1nc(-c2cccs2)no1)N1C[C@@H](N)[C@H](c2ccccc2)C1. The summed E-state index contributed by atoms with van der Waals surface area (Å²) in [6.07, 6.45) is 0. The number of nitrogens with two attached hydrogens (primary N) is 1. The van der Waals surface area contributed by atoms with Crippen molar-refractivity contribution in [1.82, 2.24) is 15.0 Å². The first-order chi connectivity index (χ1) is 11.7. The number of likely N-dealkylation sites (tertiary alicyclic amines) is 1. The van der Waals surface area contributed by atoms with Crippen LogP contribution in [-0.2, 0) is 0 Å². The van der Waals surface area contributed by atoms with Crippen LogP contribution < -0.4 is 5.73 Å². The van der Waals surface area contributed by atoms with Crippen LogP contribution in [0.25, 0.3) is 10.7 Å². The smallest absolute Gasteiger partial charge is 0.244 e. The highest BCUT2D eigenvalue weighted by Crippen LogP contribution is 2.32. The minimum Gasteiger partial charge on any atom is -0.337 e. The predicted octanol–water partition coefficient (Wildman–Crippen LogP) is 3.29. The molecule has 0 spiro atoms. The van der Waals surface area contributed by atoms with Crippen molar-refractivity contribution < 1.29 is 4.52 Å². The van der Waals surface area contributed by atoms with Gasteiger partial charge >= 0.3 is 0 Å². The lowest BCUT2D eigenvalue weighted by Gasteiger charge is -2.20. The molecule has 2 aromatic heterocycles. The second-order valence-corrected chi connectivity index (χ2v) is 7.19. The van der Waals surface area contributed by atoms with Crippen molar-refractivity contribution >= 4 is 11.3 Å². The third-order valence-corrected chi connectivity index (χ3v) is 5.58. The molecule has 1 aromatic carbocycles. The van der Waals surface area contributed by atoms with Gasteiger partial charge in [-0.3, -0.25) is 4.90 Å². The molecular weight excluding hydrogens is 320 g/mol. The van der Waals surface area contributed by atoms with E-state index in [9.17, 15) is 0 Å². The van der Waals surface area contributed by atoms with Crippen LogP contribution in [0.4, 0.5) is 0 Å². The number of rotatable bonds is 4. The van der Waals surface area contributed by atoms with E-state index in [2.05, 4.69) is 46.2 Å². The van der Waals surface area contributed by atoms with Crippen LogP contribution in [-0.4, -0.2) is 34.2 Å². The molecule has 0 radical (unpaired) electrons. The number of thiophene rings is 1. The molecule has 0 aliphatic carbocycles. The number of benzene rings is 1. The molecule has 0 amide bonds. The lowest BCUT2D eigenvalue weighted by Crippen LogP contribution is -2.30. The van der Waals surface area contributed by atoms with Crippen molar-refractivity contribution in [2.24, 2.45) is 5.73 Å². The molecule has 1 unspecified atom stereocenters. The van der Waals surface area contributed by atoms with Crippen LogP contribution in [0.1, 0.15) is 30.3 Å². The van der Waals surface area contributed by atoms with Crippen molar-refractivity contribution in [3.05, 3.63) is 59.3 Å². The molecule has 5 nitrogen and oxygen atoms in total. The zero-order valence-corrected chi connectivity index (χ0v) is 14.3. The second-order valence-electron chi connectivity index (χ2n) is 6.24. The Bertz CT molecular complexity index is 786. The van der Waals surface area contributed by atoms with Crippen LogP contribution in [0.15, 0.2) is 52.4 Å². The average Bonchev–Trinajstić information content (AvgIpc) is 3.35. The molecule has 0 bridgehead atoms. The van der Waals surface area contributed by atoms with E-state index in [4.69, 9.17) is 10.3 Å². The van der Waals surface area contributed by atoms with Crippen LogP contribution in [0, 0.1) is 0 Å². The van der Waals surface area contributed by atoms with Gasteiger partial charge in [0.05, 0.1) is 10.9 Å². The zero-order chi connectivity index (χ0) is 16.5. The molecule has 24 heavy (non-hydrogen) atoms. The van der Waals surface area contributed by atoms with E-state index in [1.54, 1.807) is 11.3 Å². The molecule has 0 saturated carbocycles. The van der Waals surface area contributed by atoms with Crippen molar-refractivity contribution in [3.63, 3.8) is 0 Å². The summed E-state index contributed by atoms with van der Waals surface area (Å²) >= 11 is 1.61. The van der Waals surface area contributed by atoms with Gasteiger partial charge in [0.25, 0.3) is 0 Å². The van der Waals surface area contributed by atoms with Gasteiger partial charge in [0.2, 0.25) is 11.7 Å². The third kappa shape index (κ3) is 2.88. The molecule has 1 saturated heterocycles. The van der Waals surface area contributed by atoms with Crippen LogP contribution >= 0.6 is 11.3 Å². The topological polar surface area (TPSA) is 68.2 Å². The Balaban J connectivity index is 1.50. The van der Waals surface area contributed by atoms with Gasteiger partial charge in [-0.15, -0.1) is 11.3 Å². The Morgan fingerprint density at radius 3 is 2.79 bits per heavy atom. The predicted molar refractivity (Wildman–Crippen MR) is 94.8 cm³/mol. The lowest BCUT2D eigenvalue weighted by atomic mass is 9.95. The standard InChI is InChI=1S/C18H20N4OS/c1-12(18-20-17(21-23-18)16-8-5-9-24-16)22-10-14(15(19)11-22)13-6-3-2-4-7-13/h2-9,12,14-15H,10-11,19H2,1H3/t12?,14-,15+/m0/s1. The number of aromatic nitrogens is 2. The van der Waals surface area contributed by atoms with E-state index in [1.165, 1.54) is 5.56 Å². The Labute approximate surface area is 145 Å². The fraction of sp³-hybridized carbons (Fsp3) is 0.333. The third-order valence-electron chi connectivity index (χ3n) is 4.71. The maximum atomic E-state index is 6.39. The van der Waals surface area contributed by atoms with Crippen molar-refractivity contribution in [3.8, 4) is 10.7 Å². The number of hydrogen-bond acceptors (Lipinski definition) is 6. The minimum absolute atomic E-state index is 0.0611. The molecular formula is C18H20N4OS. The highest BCUT2D eigenvalue weighted by molar-refractivity contribution is 7.13. The number of hydrogen-bond donors (Lipinski definition) is 1. The summed E-state index contributed by atoms with van der Waals surface area (Å²) in [7, 11) is 0. The van der Waals surface area contributed by atoms with Gasteiger partial charge in [0.15, 0.2) is 0 Å². The molecule has 6 heteroatoms. The van der Waals surface area contributed by atoms with Gasteiger partial charge in [-0.05, 0) is 23.9 Å². The largest absolute Gasteiger partial charge is 0.337 e. The average molecular weight is 340 g/mol. The minimum atomic E-state index is 0.0611. The first-order valence-corrected chi connectivity index (χ1v) is 9.02. The molecule has 3 heterocycles. The monoisotopic (exact) mass is 340 g/mol. The van der Waals surface area contributed by atoms with Crippen molar-refractivity contribution in [2.45, 2.75) is 24.9 Å². The molecule has 124 valence electrons. The zero-order valence-electron chi connectivity index (χ0n) is 13.5. The van der Waals surface area contributed by atoms with E-state index < -0.39 is 0 Å². The molecule has 1 fully saturated rings. The van der Waals surface area contributed by atoms with Gasteiger partial charge < -0.3 is 10.3 Å². The van der Waals surface area contributed by atoms with Gasteiger partial charge in [-0.25, -0.2) is 0 Å². The van der Waals surface area contributed by atoms with Crippen LogP contribution in [0.5, 0.6) is 0 Å². The molecule has 3 atom stereocenters. The Morgan fingerprint density at radius 2 is 2.04 bits per heavy atom. The van der Waals surface area contributed by atoms with E-state index in [-0.39, 0.29) is 12.1 Å². The normalized spacial score (nSPS) is 22.8. The Kier molecular flexibility index (Phi) is 4.18. The quantitative estimate of drug-likeness (QED) is 0.789. The summed E-state index contributed by atoms with van der Waals surface area (Å²) in [6.45, 7) is 3.84. The van der Waals surface area contributed by atoms with E-state index in [0.717, 1.165) is 18.0 Å². The maximum Gasteiger partial charge on any atom is 0.244 e. The van der Waals surface area contributed by atoms with Crippen LogP contribution in [0.3, 0.4) is 0 Å². The first-order valence-electron chi connectivity index (χ1n) is 8.14. The summed E-state index contributed by atoms with van der Waals surface area (Å²) in [5.74, 6) is 1.66. The van der Waals surface area contributed by atoms with Crippen molar-refractivity contribution in [2.75, 3.05) is 13.1 Å². The Morgan fingerprint density at radius 1 is 1.21 bits per heavy atom. The highest BCUT2D eigenvalue weighted by atomic mass is 32.1. The van der Waals surface area contributed by atoms with E-state index in [0.29, 0.717) is 17.6 Å². The Hall–Kier alpha value is -2.02. The van der Waals surface area contributed by atoms with Gasteiger partial charge in [0, 0.05) is 25.0 Å². The molecule has 1 aliphatic rings. The second kappa shape index (κ2) is 6.47. The van der Waals surface area contributed by atoms with Crippen molar-refractivity contribution in [1.29, 1.82) is 0 Å². The summed E-state index contributed by atoms with van der Waals surface area (Å²) in [6, 6.07) is 14.7. The molecule has 2 N–H and O–H groups in total. The van der Waals surface area contributed by atoms with Crippen LogP contribution in [0.2, 0.25) is 0 Å². The molecule has 3 aromatic rings. The molecule has 4 rings (SSSR count). The molecule has 1 aliphatic heterocycles. The summed E-state index contributed by atoms with van der Waals surface area (Å²) in [5, 5.41) is 6.13. The van der Waals surface area contributed by atoms with Gasteiger partial charge in [-0.1, -0.05) is 41.6 Å². The summed E-state index contributed by atoms with van der Waals surface area (Å²) in [5.41, 5.74) is 7.69. The first kappa shape index (κ1) is 15.5. The maximum absolute atomic E-state index is 6.39. The van der Waals surface area contributed by atoms with E-state index in [1.807, 2.05) is 23.6 Å². The van der Waals surface area contributed by atoms with Gasteiger partial charge in [-0.2, -0.15) is 4.98 Å². The van der Waals surface area contributed by atoms with Gasteiger partial charge in [0.1, 0.15) is 0 Å². The summed E-state index contributed by atoms with van der Waals surface area (Å²) < 4.78 is 5.50. The lowest BCUT2D eigenvalue weighted by molar-refractivity contribution is 0.206. The fourth-order valence-electron chi connectivity index (χ4n) is 3.30. The fourth-order valence-corrected chi connectivity index (χ4v) is 3.95. The summed E-state index contributed by atoms with van der Waals surface area (Å²) in [4.78, 5) is 7.92.